The molecule has 0 aliphatic carbocycles. The van der Waals surface area contributed by atoms with E-state index in [0.29, 0.717) is 5.56 Å². The number of carboxylic acids is 1. The molecule has 2 N–H and O–H groups in total. The number of rotatable bonds is 5. The Morgan fingerprint density at radius 3 is 2.13 bits per heavy atom. The molecular weight excluding hydrogens is 403 g/mol. The van der Waals surface area contributed by atoms with Crippen molar-refractivity contribution in [3.05, 3.63) is 59.2 Å². The number of aromatic carboxylic acids is 1. The van der Waals surface area contributed by atoms with E-state index in [9.17, 15) is 33.0 Å². The van der Waals surface area contributed by atoms with Gasteiger partial charge < -0.3 is 14.9 Å². The Bertz CT molecular complexity index is 918. The van der Waals surface area contributed by atoms with Crippen LogP contribution in [0.3, 0.4) is 0 Å². The number of ether oxygens (including phenoxy) is 1. The smallest absolute Gasteiger partial charge is 0.416 e. The second-order valence-electron chi connectivity index (χ2n) is 7.58. The number of halogens is 3. The number of anilines is 1. The number of hydrogen-bond acceptors (Lipinski definition) is 4. The number of carbonyl (C=O) groups is 2. The van der Waals surface area contributed by atoms with Crippen molar-refractivity contribution >= 4 is 17.7 Å². The summed E-state index contributed by atoms with van der Waals surface area (Å²) >= 11 is 0. The van der Waals surface area contributed by atoms with Gasteiger partial charge >= 0.3 is 18.2 Å². The van der Waals surface area contributed by atoms with Crippen LogP contribution in [0.4, 0.5) is 23.7 Å². The molecular formula is C21H22F3NO5. The molecule has 2 aromatic carbocycles. The molecule has 0 atom stereocenters. The van der Waals surface area contributed by atoms with Crippen molar-refractivity contribution in [2.45, 2.75) is 39.0 Å². The Morgan fingerprint density at radius 1 is 1.03 bits per heavy atom. The normalized spacial score (nSPS) is 11.8. The van der Waals surface area contributed by atoms with Gasteiger partial charge in [0.2, 0.25) is 0 Å². The van der Waals surface area contributed by atoms with Gasteiger partial charge in [-0.2, -0.15) is 13.2 Å². The zero-order valence-electron chi connectivity index (χ0n) is 16.7. The summed E-state index contributed by atoms with van der Waals surface area (Å²) in [4.78, 5) is 25.2. The lowest BCUT2D eigenvalue weighted by Gasteiger charge is -2.28. The fraction of sp³-hybridized carbons (Fsp3) is 0.333. The van der Waals surface area contributed by atoms with Crippen LogP contribution in [0.5, 0.6) is 5.75 Å². The maximum absolute atomic E-state index is 12.7. The van der Waals surface area contributed by atoms with Crippen molar-refractivity contribution in [2.75, 3.05) is 11.4 Å². The van der Waals surface area contributed by atoms with Crippen LogP contribution in [0.2, 0.25) is 0 Å². The number of benzene rings is 2. The van der Waals surface area contributed by atoms with Crippen LogP contribution in [0.15, 0.2) is 42.5 Å². The van der Waals surface area contributed by atoms with E-state index >= 15 is 0 Å². The molecule has 0 radical (unpaired) electrons. The molecule has 2 aromatic rings. The van der Waals surface area contributed by atoms with Gasteiger partial charge in [-0.25, -0.2) is 9.59 Å². The lowest BCUT2D eigenvalue weighted by Crippen LogP contribution is -2.38. The third kappa shape index (κ3) is 6.13. The van der Waals surface area contributed by atoms with E-state index in [1.165, 1.54) is 23.1 Å². The van der Waals surface area contributed by atoms with Gasteiger partial charge in [0.05, 0.1) is 5.56 Å². The summed E-state index contributed by atoms with van der Waals surface area (Å²) in [5.41, 5.74) is -1.27. The van der Waals surface area contributed by atoms with E-state index in [2.05, 4.69) is 0 Å². The zero-order chi connectivity index (χ0) is 22.7. The summed E-state index contributed by atoms with van der Waals surface area (Å²) in [5, 5.41) is 18.9. The average molecular weight is 425 g/mol. The van der Waals surface area contributed by atoms with E-state index in [0.717, 1.165) is 24.3 Å². The lowest BCUT2D eigenvalue weighted by atomic mass is 10.1. The van der Waals surface area contributed by atoms with E-state index in [1.54, 1.807) is 20.8 Å². The van der Waals surface area contributed by atoms with Gasteiger partial charge in [0.15, 0.2) is 0 Å². The molecule has 0 saturated carbocycles. The molecule has 0 spiro atoms. The van der Waals surface area contributed by atoms with Gasteiger partial charge in [0, 0.05) is 12.2 Å². The van der Waals surface area contributed by atoms with Crippen LogP contribution in [0, 0.1) is 0 Å². The number of alkyl halides is 3. The predicted molar refractivity (Wildman–Crippen MR) is 104 cm³/mol. The molecule has 0 fully saturated rings. The van der Waals surface area contributed by atoms with Crippen LogP contribution in [-0.4, -0.2) is 34.4 Å². The molecule has 0 aromatic heterocycles. The Hall–Kier alpha value is -3.23. The minimum Gasteiger partial charge on any atom is -0.507 e. The van der Waals surface area contributed by atoms with Gasteiger partial charge in [-0.05, 0) is 63.1 Å². The lowest BCUT2D eigenvalue weighted by molar-refractivity contribution is -0.137. The zero-order valence-corrected chi connectivity index (χ0v) is 16.7. The van der Waals surface area contributed by atoms with Crippen LogP contribution in [0.25, 0.3) is 0 Å². The molecule has 30 heavy (non-hydrogen) atoms. The van der Waals surface area contributed by atoms with Crippen LogP contribution in [-0.2, 0) is 17.3 Å². The highest BCUT2D eigenvalue weighted by Gasteiger charge is 2.30. The number of carbonyl (C=O) groups excluding carboxylic acids is 1. The van der Waals surface area contributed by atoms with Gasteiger partial charge in [-0.15, -0.1) is 0 Å². The molecule has 1 amide bonds. The minimum atomic E-state index is -4.44. The molecule has 0 saturated heterocycles. The average Bonchev–Trinajstić information content (AvgIpc) is 2.61. The topological polar surface area (TPSA) is 87.1 Å². The Kier molecular flexibility index (Phi) is 6.64. The molecule has 0 aliphatic heterocycles. The summed E-state index contributed by atoms with van der Waals surface area (Å²) in [6.07, 6.45) is -5.00. The number of amides is 1. The van der Waals surface area contributed by atoms with Crippen molar-refractivity contribution in [3.63, 3.8) is 0 Å². The highest BCUT2D eigenvalue weighted by molar-refractivity contribution is 5.94. The standard InChI is InChI=1S/C21H22F3NO5/c1-20(2,3)30-19(29)25(15-8-9-17(26)16(12-15)18(27)28)11-10-13-4-6-14(7-5-13)21(22,23)24/h4-9,12,26H,10-11H2,1-3H3,(H,27,28). The molecule has 0 bridgehead atoms. The number of aromatic hydroxyl groups is 1. The SMILES string of the molecule is CC(C)(C)OC(=O)N(CCc1ccc(C(F)(F)F)cc1)c1ccc(O)c(C(=O)O)c1. The highest BCUT2D eigenvalue weighted by Crippen LogP contribution is 2.30. The first kappa shape index (κ1) is 23.1. The summed E-state index contributed by atoms with van der Waals surface area (Å²) in [5.74, 6) is -1.83. The molecule has 0 heterocycles. The number of carboxylic acid groups (broad SMARTS) is 1. The van der Waals surface area contributed by atoms with Crippen LogP contribution >= 0.6 is 0 Å². The molecule has 2 rings (SSSR count). The molecule has 162 valence electrons. The van der Waals surface area contributed by atoms with Crippen LogP contribution < -0.4 is 4.90 Å². The first-order chi connectivity index (χ1) is 13.8. The summed E-state index contributed by atoms with van der Waals surface area (Å²) < 4.78 is 43.5. The number of nitrogens with zero attached hydrogens (tertiary/aromatic N) is 1. The first-order valence-corrected chi connectivity index (χ1v) is 9.01. The van der Waals surface area contributed by atoms with E-state index < -0.39 is 40.7 Å². The fourth-order valence-electron chi connectivity index (χ4n) is 2.61. The number of phenols is 1. The molecule has 6 nitrogen and oxygen atoms in total. The maximum atomic E-state index is 12.7. The second-order valence-corrected chi connectivity index (χ2v) is 7.58. The third-order valence-corrected chi connectivity index (χ3v) is 4.04. The van der Waals surface area contributed by atoms with Crippen molar-refractivity contribution in [1.82, 2.24) is 0 Å². The Labute approximate surface area is 171 Å². The Balaban J connectivity index is 2.30. The van der Waals surface area contributed by atoms with Gasteiger partial charge in [0.1, 0.15) is 16.9 Å². The van der Waals surface area contributed by atoms with E-state index in [4.69, 9.17) is 4.74 Å². The largest absolute Gasteiger partial charge is 0.507 e. The van der Waals surface area contributed by atoms with Crippen molar-refractivity contribution in [3.8, 4) is 5.75 Å². The van der Waals surface area contributed by atoms with Gasteiger partial charge in [0.25, 0.3) is 0 Å². The van der Waals surface area contributed by atoms with Crippen molar-refractivity contribution in [1.29, 1.82) is 0 Å². The van der Waals surface area contributed by atoms with E-state index in [-0.39, 0.29) is 18.7 Å². The maximum Gasteiger partial charge on any atom is 0.416 e. The third-order valence-electron chi connectivity index (χ3n) is 4.04. The predicted octanol–water partition coefficient (Wildman–Crippen LogP) is 5.09. The fourth-order valence-corrected chi connectivity index (χ4v) is 2.61. The van der Waals surface area contributed by atoms with Crippen molar-refractivity contribution < 1.29 is 37.7 Å². The molecule has 0 unspecified atom stereocenters. The first-order valence-electron chi connectivity index (χ1n) is 9.01. The Morgan fingerprint density at radius 2 is 1.63 bits per heavy atom. The summed E-state index contributed by atoms with van der Waals surface area (Å²) in [6.45, 7) is 5.01. The second kappa shape index (κ2) is 8.64. The monoisotopic (exact) mass is 425 g/mol. The molecule has 9 heteroatoms. The van der Waals surface area contributed by atoms with Gasteiger partial charge in [-0.3, -0.25) is 4.90 Å². The summed E-state index contributed by atoms with van der Waals surface area (Å²) in [6, 6.07) is 8.18. The molecule has 0 aliphatic rings. The summed E-state index contributed by atoms with van der Waals surface area (Å²) in [7, 11) is 0. The number of hydrogen-bond donors (Lipinski definition) is 2. The minimum absolute atomic E-state index is 0.0180. The van der Waals surface area contributed by atoms with Crippen molar-refractivity contribution in [2.24, 2.45) is 0 Å². The van der Waals surface area contributed by atoms with Crippen LogP contribution in [0.1, 0.15) is 42.3 Å². The van der Waals surface area contributed by atoms with E-state index in [1.807, 2.05) is 0 Å². The highest BCUT2D eigenvalue weighted by atomic mass is 19.4. The quantitative estimate of drug-likeness (QED) is 0.697. The van der Waals surface area contributed by atoms with Gasteiger partial charge in [-0.1, -0.05) is 12.1 Å².